The topological polar surface area (TPSA) is 82.0 Å². The quantitative estimate of drug-likeness (QED) is 0.502. The lowest BCUT2D eigenvalue weighted by Gasteiger charge is -2.11. The van der Waals surface area contributed by atoms with Gasteiger partial charge in [0.2, 0.25) is 5.75 Å². The summed E-state index contributed by atoms with van der Waals surface area (Å²) in [7, 11) is 1.59. The average molecular weight is 261 g/mol. The van der Waals surface area contributed by atoms with Crippen LogP contribution < -0.4 is 10.1 Å². The van der Waals surface area contributed by atoms with Crippen LogP contribution in [0.15, 0.2) is 36.4 Å². The van der Waals surface area contributed by atoms with Gasteiger partial charge in [0.05, 0.1) is 12.8 Å². The molecular weight excluding hydrogens is 246 g/mol. The number of anilines is 1. The number of phenolic OH excluding ortho intramolecular Hbond substituents is 3. The first kappa shape index (κ1) is 12.9. The van der Waals surface area contributed by atoms with Crippen LogP contribution in [0.4, 0.5) is 5.69 Å². The molecule has 2 aromatic rings. The van der Waals surface area contributed by atoms with Crippen LogP contribution in [0.2, 0.25) is 0 Å². The highest BCUT2D eigenvalue weighted by Crippen LogP contribution is 2.40. The Morgan fingerprint density at radius 1 is 1.05 bits per heavy atom. The molecule has 0 aromatic heterocycles. The predicted octanol–water partition coefficient (Wildman–Crippen LogP) is 2.42. The standard InChI is InChI=1S/C14H15NO4/c1-19-10-4-2-3-9(7-10)8-15-11-5-6-12(16)14(18)13(11)17/h2-7,15-18H,8H2,1H3. The Morgan fingerprint density at radius 2 is 1.84 bits per heavy atom. The monoisotopic (exact) mass is 261 g/mol. The second-order valence-corrected chi connectivity index (χ2v) is 4.03. The van der Waals surface area contributed by atoms with Gasteiger partial charge in [-0.05, 0) is 29.8 Å². The number of methoxy groups -OCH3 is 1. The second kappa shape index (κ2) is 5.39. The Bertz CT molecular complexity index is 584. The van der Waals surface area contributed by atoms with E-state index in [1.807, 2.05) is 24.3 Å². The first-order valence-corrected chi connectivity index (χ1v) is 5.72. The van der Waals surface area contributed by atoms with Crippen molar-refractivity contribution in [1.82, 2.24) is 0 Å². The molecule has 5 heteroatoms. The lowest BCUT2D eigenvalue weighted by Crippen LogP contribution is -2.00. The number of nitrogens with one attached hydrogen (secondary N) is 1. The fourth-order valence-corrected chi connectivity index (χ4v) is 1.69. The maximum Gasteiger partial charge on any atom is 0.202 e. The summed E-state index contributed by atoms with van der Waals surface area (Å²) in [5.74, 6) is -0.514. The zero-order valence-corrected chi connectivity index (χ0v) is 10.4. The van der Waals surface area contributed by atoms with E-state index in [1.54, 1.807) is 7.11 Å². The third-order valence-electron chi connectivity index (χ3n) is 2.75. The molecule has 0 aliphatic rings. The van der Waals surface area contributed by atoms with Crippen LogP contribution in [0.1, 0.15) is 5.56 Å². The lowest BCUT2D eigenvalue weighted by atomic mass is 10.2. The molecule has 0 radical (unpaired) electrons. The largest absolute Gasteiger partial charge is 0.504 e. The predicted molar refractivity (Wildman–Crippen MR) is 71.8 cm³/mol. The molecule has 5 nitrogen and oxygen atoms in total. The fraction of sp³-hybridized carbons (Fsp3) is 0.143. The molecule has 0 bridgehead atoms. The van der Waals surface area contributed by atoms with E-state index in [1.165, 1.54) is 12.1 Å². The number of aromatic hydroxyl groups is 3. The van der Waals surface area contributed by atoms with Gasteiger partial charge >= 0.3 is 0 Å². The normalized spacial score (nSPS) is 10.2. The van der Waals surface area contributed by atoms with Crippen molar-refractivity contribution in [3.8, 4) is 23.0 Å². The number of phenols is 3. The molecule has 0 fully saturated rings. The van der Waals surface area contributed by atoms with Gasteiger partial charge in [0, 0.05) is 6.54 Å². The first-order chi connectivity index (χ1) is 9.11. The van der Waals surface area contributed by atoms with E-state index in [-0.39, 0.29) is 11.5 Å². The van der Waals surface area contributed by atoms with E-state index in [4.69, 9.17) is 4.74 Å². The van der Waals surface area contributed by atoms with E-state index in [0.29, 0.717) is 12.2 Å². The summed E-state index contributed by atoms with van der Waals surface area (Å²) in [4.78, 5) is 0. The van der Waals surface area contributed by atoms with Crippen LogP contribution in [-0.2, 0) is 6.54 Å². The van der Waals surface area contributed by atoms with Crippen molar-refractivity contribution < 1.29 is 20.1 Å². The van der Waals surface area contributed by atoms with Crippen LogP contribution in [0.25, 0.3) is 0 Å². The molecule has 0 spiro atoms. The number of hydrogen-bond donors (Lipinski definition) is 4. The first-order valence-electron chi connectivity index (χ1n) is 5.72. The molecule has 2 aromatic carbocycles. The van der Waals surface area contributed by atoms with Gasteiger partial charge in [-0.15, -0.1) is 0 Å². The van der Waals surface area contributed by atoms with Crippen LogP contribution in [0, 0.1) is 0 Å². The number of ether oxygens (including phenoxy) is 1. The average Bonchev–Trinajstić information content (AvgIpc) is 2.44. The van der Waals surface area contributed by atoms with Gasteiger partial charge < -0.3 is 25.4 Å². The van der Waals surface area contributed by atoms with Crippen molar-refractivity contribution in [2.75, 3.05) is 12.4 Å². The van der Waals surface area contributed by atoms with Crippen molar-refractivity contribution >= 4 is 5.69 Å². The molecule has 0 unspecified atom stereocenters. The summed E-state index contributed by atoms with van der Waals surface area (Å²) in [5, 5.41) is 31.3. The Balaban J connectivity index is 2.12. The van der Waals surface area contributed by atoms with Crippen molar-refractivity contribution in [2.45, 2.75) is 6.54 Å². The third kappa shape index (κ3) is 2.82. The van der Waals surface area contributed by atoms with Crippen molar-refractivity contribution in [1.29, 1.82) is 0 Å². The summed E-state index contributed by atoms with van der Waals surface area (Å²) in [6.45, 7) is 0.453. The maximum atomic E-state index is 9.66. The molecular formula is C14H15NO4. The van der Waals surface area contributed by atoms with Crippen LogP contribution in [-0.4, -0.2) is 22.4 Å². The zero-order valence-electron chi connectivity index (χ0n) is 10.4. The van der Waals surface area contributed by atoms with Gasteiger partial charge in [0.15, 0.2) is 11.5 Å². The molecule has 100 valence electrons. The van der Waals surface area contributed by atoms with Gasteiger partial charge in [0.25, 0.3) is 0 Å². The van der Waals surface area contributed by atoms with Crippen LogP contribution >= 0.6 is 0 Å². The SMILES string of the molecule is COc1cccc(CNc2ccc(O)c(O)c2O)c1. The number of benzene rings is 2. The lowest BCUT2D eigenvalue weighted by molar-refractivity contribution is 0.369. The van der Waals surface area contributed by atoms with E-state index >= 15 is 0 Å². The summed E-state index contributed by atoms with van der Waals surface area (Å²) < 4.78 is 5.12. The fourth-order valence-electron chi connectivity index (χ4n) is 1.69. The van der Waals surface area contributed by atoms with Crippen molar-refractivity contribution in [3.63, 3.8) is 0 Å². The molecule has 2 rings (SSSR count). The number of hydrogen-bond acceptors (Lipinski definition) is 5. The molecule has 0 saturated carbocycles. The highest BCUT2D eigenvalue weighted by Gasteiger charge is 2.10. The maximum absolute atomic E-state index is 9.66. The minimum Gasteiger partial charge on any atom is -0.504 e. The van der Waals surface area contributed by atoms with Gasteiger partial charge in [-0.2, -0.15) is 0 Å². The minimum atomic E-state index is -0.532. The van der Waals surface area contributed by atoms with Crippen molar-refractivity contribution in [2.24, 2.45) is 0 Å². The van der Waals surface area contributed by atoms with E-state index in [9.17, 15) is 15.3 Å². The summed E-state index contributed by atoms with van der Waals surface area (Å²) in [5.41, 5.74) is 1.31. The third-order valence-corrected chi connectivity index (χ3v) is 2.75. The smallest absolute Gasteiger partial charge is 0.202 e. The molecule has 4 N–H and O–H groups in total. The second-order valence-electron chi connectivity index (χ2n) is 4.03. The van der Waals surface area contributed by atoms with Gasteiger partial charge in [-0.1, -0.05) is 12.1 Å². The van der Waals surface area contributed by atoms with Gasteiger partial charge in [-0.25, -0.2) is 0 Å². The van der Waals surface area contributed by atoms with Crippen LogP contribution in [0.3, 0.4) is 0 Å². The summed E-state index contributed by atoms with van der Waals surface area (Å²) in [6, 6.07) is 10.3. The summed E-state index contributed by atoms with van der Waals surface area (Å²) >= 11 is 0. The van der Waals surface area contributed by atoms with E-state index in [0.717, 1.165) is 11.3 Å². The zero-order chi connectivity index (χ0) is 13.8. The Morgan fingerprint density at radius 3 is 2.58 bits per heavy atom. The molecule has 0 aliphatic heterocycles. The highest BCUT2D eigenvalue weighted by molar-refractivity contribution is 5.66. The Hall–Kier alpha value is -2.56. The minimum absolute atomic E-state index is 0.345. The highest BCUT2D eigenvalue weighted by atomic mass is 16.5. The van der Waals surface area contributed by atoms with Gasteiger partial charge in [0.1, 0.15) is 5.75 Å². The Kier molecular flexibility index (Phi) is 3.66. The van der Waals surface area contributed by atoms with E-state index < -0.39 is 5.75 Å². The molecule has 0 aliphatic carbocycles. The number of rotatable bonds is 4. The molecule has 0 atom stereocenters. The molecule has 0 amide bonds. The summed E-state index contributed by atoms with van der Waals surface area (Å²) in [6.07, 6.45) is 0. The van der Waals surface area contributed by atoms with Crippen LogP contribution in [0.5, 0.6) is 23.0 Å². The van der Waals surface area contributed by atoms with E-state index in [2.05, 4.69) is 5.32 Å². The van der Waals surface area contributed by atoms with Gasteiger partial charge in [-0.3, -0.25) is 0 Å². The Labute approximate surface area is 110 Å². The molecule has 0 heterocycles. The molecule has 0 saturated heterocycles. The molecule has 19 heavy (non-hydrogen) atoms. The van der Waals surface area contributed by atoms with Crippen molar-refractivity contribution in [3.05, 3.63) is 42.0 Å².